The van der Waals surface area contributed by atoms with Crippen molar-refractivity contribution < 1.29 is 9.59 Å². The van der Waals surface area contributed by atoms with Crippen LogP contribution in [-0.4, -0.2) is 27.0 Å². The number of nitrogens with zero attached hydrogens (tertiary/aromatic N) is 2. The fourth-order valence-corrected chi connectivity index (χ4v) is 3.03. The van der Waals surface area contributed by atoms with Crippen LogP contribution < -0.4 is 10.6 Å². The zero-order chi connectivity index (χ0) is 19.9. The quantitative estimate of drug-likeness (QED) is 0.526. The van der Waals surface area contributed by atoms with Crippen LogP contribution in [0.15, 0.2) is 60.0 Å². The maximum Gasteiger partial charge on any atom is 0.255 e. The highest BCUT2D eigenvalue weighted by atomic mass is 32.2. The molecule has 0 saturated heterocycles. The van der Waals surface area contributed by atoms with Gasteiger partial charge >= 0.3 is 0 Å². The van der Waals surface area contributed by atoms with Crippen molar-refractivity contribution in [3.8, 4) is 0 Å². The molecule has 144 valence electrons. The number of H-pyrrole nitrogens is 1. The van der Waals surface area contributed by atoms with Gasteiger partial charge in [0.05, 0.1) is 0 Å². The third kappa shape index (κ3) is 5.43. The van der Waals surface area contributed by atoms with Gasteiger partial charge in [-0.3, -0.25) is 14.7 Å². The van der Waals surface area contributed by atoms with E-state index in [0.717, 1.165) is 16.5 Å². The maximum absolute atomic E-state index is 12.4. The molecule has 3 rings (SSSR count). The molecular formula is C20H21N5O2S. The van der Waals surface area contributed by atoms with Crippen LogP contribution in [0.25, 0.3) is 0 Å². The van der Waals surface area contributed by atoms with Crippen LogP contribution in [-0.2, 0) is 10.5 Å². The first-order valence-electron chi connectivity index (χ1n) is 8.80. The Labute approximate surface area is 167 Å². The Hall–Kier alpha value is -3.13. The van der Waals surface area contributed by atoms with Crippen LogP contribution in [0.2, 0.25) is 0 Å². The minimum atomic E-state index is -0.187. The summed E-state index contributed by atoms with van der Waals surface area (Å²) in [6.07, 6.45) is 1.47. The molecule has 7 nitrogen and oxygen atoms in total. The molecule has 3 N–H and O–H groups in total. The van der Waals surface area contributed by atoms with Gasteiger partial charge in [0.1, 0.15) is 6.33 Å². The zero-order valence-electron chi connectivity index (χ0n) is 15.6. The summed E-state index contributed by atoms with van der Waals surface area (Å²) in [6.45, 7) is 3.67. The number of hydrogen-bond acceptors (Lipinski definition) is 5. The fourth-order valence-electron chi connectivity index (χ4n) is 2.29. The molecule has 2 amide bonds. The standard InChI is InChI=1S/C20H21N5O2S/c1-13(2)18(26)23-16-7-9-17(10-8-16)24-19(27)15-5-3-14(4-6-15)11-28-20-21-12-22-25-20/h3-10,12-13H,11H2,1-2H3,(H,23,26)(H,24,27)(H,21,22,25). The Bertz CT molecular complexity index is 922. The molecule has 0 aliphatic carbocycles. The molecule has 28 heavy (non-hydrogen) atoms. The minimum Gasteiger partial charge on any atom is -0.326 e. The van der Waals surface area contributed by atoms with Crippen molar-refractivity contribution in [1.29, 1.82) is 0 Å². The molecule has 0 atom stereocenters. The molecule has 0 radical (unpaired) electrons. The molecule has 1 aromatic heterocycles. The summed E-state index contributed by atoms with van der Waals surface area (Å²) in [5, 5.41) is 13.0. The van der Waals surface area contributed by atoms with Gasteiger partial charge in [-0.15, -0.1) is 0 Å². The van der Waals surface area contributed by atoms with Gasteiger partial charge in [-0.05, 0) is 42.0 Å². The first kappa shape index (κ1) is 19.6. The lowest BCUT2D eigenvalue weighted by Gasteiger charge is -2.09. The van der Waals surface area contributed by atoms with Crippen LogP contribution in [0.4, 0.5) is 11.4 Å². The molecule has 8 heteroatoms. The van der Waals surface area contributed by atoms with Gasteiger partial charge in [0.25, 0.3) is 5.91 Å². The highest BCUT2D eigenvalue weighted by Crippen LogP contribution is 2.19. The Morgan fingerprint density at radius 1 is 1.00 bits per heavy atom. The Morgan fingerprint density at radius 3 is 2.21 bits per heavy atom. The topological polar surface area (TPSA) is 99.8 Å². The van der Waals surface area contributed by atoms with Crippen LogP contribution in [0.5, 0.6) is 0 Å². The molecule has 0 spiro atoms. The van der Waals surface area contributed by atoms with Crippen molar-refractivity contribution in [2.45, 2.75) is 24.8 Å². The fraction of sp³-hybridized carbons (Fsp3) is 0.200. The lowest BCUT2D eigenvalue weighted by molar-refractivity contribution is -0.118. The summed E-state index contributed by atoms with van der Waals surface area (Å²) in [6, 6.07) is 14.5. The van der Waals surface area contributed by atoms with E-state index in [1.165, 1.54) is 6.33 Å². The van der Waals surface area contributed by atoms with Gasteiger partial charge in [0.2, 0.25) is 5.91 Å². The zero-order valence-corrected chi connectivity index (χ0v) is 16.4. The molecule has 1 heterocycles. The van der Waals surface area contributed by atoms with Crippen LogP contribution >= 0.6 is 11.8 Å². The monoisotopic (exact) mass is 395 g/mol. The number of aromatic nitrogens is 3. The van der Waals surface area contributed by atoms with E-state index in [9.17, 15) is 9.59 Å². The van der Waals surface area contributed by atoms with E-state index in [4.69, 9.17) is 0 Å². The molecule has 0 unspecified atom stereocenters. The normalized spacial score (nSPS) is 10.7. The lowest BCUT2D eigenvalue weighted by Crippen LogP contribution is -2.17. The molecule has 0 bridgehead atoms. The second-order valence-corrected chi connectivity index (χ2v) is 7.42. The van der Waals surface area contributed by atoms with Crippen molar-refractivity contribution in [2.75, 3.05) is 10.6 Å². The third-order valence-electron chi connectivity index (χ3n) is 3.92. The SMILES string of the molecule is CC(C)C(=O)Nc1ccc(NC(=O)c2ccc(CSc3ncn[nH]3)cc2)cc1. The Balaban J connectivity index is 1.54. The number of thioether (sulfide) groups is 1. The van der Waals surface area contributed by atoms with Crippen molar-refractivity contribution in [3.63, 3.8) is 0 Å². The molecule has 2 aromatic carbocycles. The van der Waals surface area contributed by atoms with Gasteiger partial charge in [0.15, 0.2) is 5.16 Å². The first-order valence-corrected chi connectivity index (χ1v) is 9.79. The average Bonchev–Trinajstić information content (AvgIpc) is 3.22. The number of hydrogen-bond donors (Lipinski definition) is 3. The number of amides is 2. The van der Waals surface area contributed by atoms with Crippen molar-refractivity contribution in [3.05, 3.63) is 66.0 Å². The van der Waals surface area contributed by atoms with E-state index < -0.39 is 0 Å². The van der Waals surface area contributed by atoms with Crippen LogP contribution in [0.1, 0.15) is 29.8 Å². The molecule has 0 aliphatic rings. The smallest absolute Gasteiger partial charge is 0.255 e. The summed E-state index contributed by atoms with van der Waals surface area (Å²) in [5.74, 6) is 0.420. The van der Waals surface area contributed by atoms with Crippen molar-refractivity contribution >= 4 is 35.0 Å². The number of anilines is 2. The van der Waals surface area contributed by atoms with E-state index in [1.54, 1.807) is 48.2 Å². The predicted molar refractivity (Wildman–Crippen MR) is 110 cm³/mol. The summed E-state index contributed by atoms with van der Waals surface area (Å²) in [5.41, 5.74) is 3.02. The summed E-state index contributed by atoms with van der Waals surface area (Å²) in [7, 11) is 0. The molecule has 0 aliphatic heterocycles. The van der Waals surface area contributed by atoms with E-state index in [1.807, 2.05) is 26.0 Å². The van der Waals surface area contributed by atoms with Crippen molar-refractivity contribution in [2.24, 2.45) is 5.92 Å². The number of rotatable bonds is 7. The highest BCUT2D eigenvalue weighted by molar-refractivity contribution is 7.98. The Kier molecular flexibility index (Phi) is 6.44. The lowest BCUT2D eigenvalue weighted by atomic mass is 10.1. The van der Waals surface area contributed by atoms with E-state index in [2.05, 4.69) is 25.8 Å². The third-order valence-corrected chi connectivity index (χ3v) is 4.87. The molecule has 0 fully saturated rings. The predicted octanol–water partition coefficient (Wildman–Crippen LogP) is 3.94. The number of aromatic amines is 1. The number of carbonyl (C=O) groups excluding carboxylic acids is 2. The van der Waals surface area contributed by atoms with E-state index in [0.29, 0.717) is 16.9 Å². The summed E-state index contributed by atoms with van der Waals surface area (Å²) < 4.78 is 0. The maximum atomic E-state index is 12.4. The van der Waals surface area contributed by atoms with Gasteiger partial charge in [-0.2, -0.15) is 5.10 Å². The average molecular weight is 395 g/mol. The second-order valence-electron chi connectivity index (χ2n) is 6.45. The minimum absolute atomic E-state index is 0.0432. The largest absolute Gasteiger partial charge is 0.326 e. The second kappa shape index (κ2) is 9.18. The summed E-state index contributed by atoms with van der Waals surface area (Å²) in [4.78, 5) is 28.2. The Morgan fingerprint density at radius 2 is 1.64 bits per heavy atom. The van der Waals surface area contributed by atoms with Gasteiger partial charge in [-0.1, -0.05) is 37.7 Å². The first-order chi connectivity index (χ1) is 13.5. The molecular weight excluding hydrogens is 374 g/mol. The van der Waals surface area contributed by atoms with Gasteiger partial charge < -0.3 is 10.6 Å². The molecule has 0 saturated carbocycles. The van der Waals surface area contributed by atoms with Gasteiger partial charge in [0, 0.05) is 28.6 Å². The number of carbonyl (C=O) groups is 2. The van der Waals surface area contributed by atoms with Crippen molar-refractivity contribution in [1.82, 2.24) is 15.2 Å². The highest BCUT2D eigenvalue weighted by Gasteiger charge is 2.09. The molecule has 3 aromatic rings. The van der Waals surface area contributed by atoms with E-state index >= 15 is 0 Å². The van der Waals surface area contributed by atoms with Crippen LogP contribution in [0, 0.1) is 5.92 Å². The number of nitrogens with one attached hydrogen (secondary N) is 3. The van der Waals surface area contributed by atoms with Crippen LogP contribution in [0.3, 0.4) is 0 Å². The number of benzene rings is 2. The van der Waals surface area contributed by atoms with Gasteiger partial charge in [-0.25, -0.2) is 4.98 Å². The van der Waals surface area contributed by atoms with E-state index in [-0.39, 0.29) is 17.7 Å². The summed E-state index contributed by atoms with van der Waals surface area (Å²) >= 11 is 1.54.